The molecule has 320 valence electrons. The Morgan fingerprint density at radius 3 is 0.986 bits per heavy atom. The monoisotopic (exact) mass is 874 g/mol. The van der Waals surface area contributed by atoms with Crippen LogP contribution in [-0.4, -0.2) is 0 Å². The van der Waals surface area contributed by atoms with Crippen LogP contribution < -0.4 is 0 Å². The first-order chi connectivity index (χ1) is 34.2. The second kappa shape index (κ2) is 15.8. The largest absolute Gasteiger partial charge is 0.455 e. The molecule has 1 aromatic heterocycles. The summed E-state index contributed by atoms with van der Waals surface area (Å²) >= 11 is 0. The van der Waals surface area contributed by atoms with Crippen molar-refractivity contribution in [1.82, 2.24) is 0 Å². The molecule has 0 N–H and O–H groups in total. The lowest BCUT2D eigenvalue weighted by Crippen LogP contribution is -1.91. The predicted octanol–water partition coefficient (Wildman–Crippen LogP) is 19.4. The van der Waals surface area contributed by atoms with E-state index in [0.29, 0.717) is 0 Å². The minimum Gasteiger partial charge on any atom is -0.455 e. The highest BCUT2D eigenvalue weighted by molar-refractivity contribution is 6.25. The van der Waals surface area contributed by atoms with E-state index in [-0.39, 0.29) is 0 Å². The van der Waals surface area contributed by atoms with Gasteiger partial charge in [0.1, 0.15) is 11.2 Å². The van der Waals surface area contributed by atoms with E-state index >= 15 is 0 Å². The summed E-state index contributed by atoms with van der Waals surface area (Å²) in [6, 6.07) is 93.1. The Kier molecular flexibility index (Phi) is 8.97. The Labute approximate surface area is 399 Å². The van der Waals surface area contributed by atoms with Crippen molar-refractivity contribution in [2.75, 3.05) is 0 Å². The molecule has 0 fully saturated rings. The summed E-state index contributed by atoms with van der Waals surface area (Å²) in [5.74, 6) is 0. The third-order valence-corrected chi connectivity index (χ3v) is 14.5. The maximum atomic E-state index is 6.62. The molecule has 14 rings (SSSR count). The van der Waals surface area contributed by atoms with E-state index < -0.39 is 0 Å². The Bertz CT molecular complexity index is 4210. The molecule has 0 saturated carbocycles. The third-order valence-electron chi connectivity index (χ3n) is 14.5. The minimum atomic E-state index is 0.909. The van der Waals surface area contributed by atoms with Gasteiger partial charge in [-0.05, 0) is 116 Å². The molecule has 0 saturated heterocycles. The van der Waals surface area contributed by atoms with Crippen molar-refractivity contribution in [3.05, 3.63) is 255 Å². The Morgan fingerprint density at radius 1 is 0.188 bits per heavy atom. The quantitative estimate of drug-likeness (QED) is 0.152. The molecule has 0 aliphatic heterocycles. The van der Waals surface area contributed by atoms with Crippen LogP contribution in [0.4, 0.5) is 0 Å². The molecule has 0 amide bonds. The average Bonchev–Trinajstić information content (AvgIpc) is 3.81. The standard InChI is InChI=1S/C68H42O/c1-2-17-50-45(15-1)16-13-27-51(50)46-35-41-49(42-36-46)65-55-21-5-3-19-53(55)64(54-20-4-6-22-56(54)65)47-37-31-43(32-38-47)44-33-39-48(40-34-44)66-57-23-7-9-25-59(57)67(60-26-10-8-24-58(60)66)62-29-14-28-61-52-18-11-12-30-63(52)69-68(61)62/h1-42H. The van der Waals surface area contributed by atoms with E-state index in [1.165, 1.54) is 115 Å². The maximum Gasteiger partial charge on any atom is 0.143 e. The van der Waals surface area contributed by atoms with Crippen molar-refractivity contribution in [3.63, 3.8) is 0 Å². The molecule has 0 radical (unpaired) electrons. The zero-order valence-corrected chi connectivity index (χ0v) is 37.7. The van der Waals surface area contributed by atoms with Gasteiger partial charge in [-0.3, -0.25) is 0 Å². The van der Waals surface area contributed by atoms with Crippen molar-refractivity contribution < 1.29 is 4.42 Å². The van der Waals surface area contributed by atoms with E-state index in [9.17, 15) is 0 Å². The Morgan fingerprint density at radius 2 is 0.507 bits per heavy atom. The van der Waals surface area contributed by atoms with Crippen LogP contribution in [0, 0.1) is 0 Å². The summed E-state index contributed by atoms with van der Waals surface area (Å²) < 4.78 is 6.62. The predicted molar refractivity (Wildman–Crippen MR) is 294 cm³/mol. The summed E-state index contributed by atoms with van der Waals surface area (Å²) in [5.41, 5.74) is 16.4. The van der Waals surface area contributed by atoms with Gasteiger partial charge in [0, 0.05) is 21.9 Å². The fourth-order valence-electron chi connectivity index (χ4n) is 11.4. The molecule has 0 aliphatic rings. The molecule has 0 unspecified atom stereocenters. The minimum absolute atomic E-state index is 0.909. The van der Waals surface area contributed by atoms with Crippen LogP contribution in [0.2, 0.25) is 0 Å². The highest BCUT2D eigenvalue weighted by atomic mass is 16.3. The summed E-state index contributed by atoms with van der Waals surface area (Å²) in [6.45, 7) is 0. The lowest BCUT2D eigenvalue weighted by atomic mass is 9.85. The number of fused-ring (bicyclic) bond motifs is 8. The van der Waals surface area contributed by atoms with Crippen LogP contribution in [0.15, 0.2) is 259 Å². The van der Waals surface area contributed by atoms with E-state index in [4.69, 9.17) is 4.42 Å². The number of rotatable bonds is 6. The van der Waals surface area contributed by atoms with Crippen molar-refractivity contribution >= 4 is 75.8 Å². The van der Waals surface area contributed by atoms with Crippen LogP contribution in [0.1, 0.15) is 0 Å². The number of furan rings is 1. The van der Waals surface area contributed by atoms with Crippen molar-refractivity contribution in [2.24, 2.45) is 0 Å². The molecule has 0 aliphatic carbocycles. The molecule has 0 bridgehead atoms. The highest BCUT2D eigenvalue weighted by Crippen LogP contribution is 2.48. The van der Waals surface area contributed by atoms with Gasteiger partial charge in [-0.25, -0.2) is 0 Å². The third kappa shape index (κ3) is 6.25. The van der Waals surface area contributed by atoms with E-state index in [0.717, 1.165) is 27.5 Å². The van der Waals surface area contributed by atoms with Gasteiger partial charge in [0.05, 0.1) is 0 Å². The van der Waals surface area contributed by atoms with Crippen molar-refractivity contribution in [1.29, 1.82) is 0 Å². The summed E-state index contributed by atoms with van der Waals surface area (Å²) in [5, 5.41) is 14.7. The lowest BCUT2D eigenvalue weighted by Gasteiger charge is -2.18. The van der Waals surface area contributed by atoms with Gasteiger partial charge in [-0.1, -0.05) is 249 Å². The zero-order chi connectivity index (χ0) is 45.4. The first-order valence-electron chi connectivity index (χ1n) is 23.8. The van der Waals surface area contributed by atoms with Crippen LogP contribution in [0.5, 0.6) is 0 Å². The van der Waals surface area contributed by atoms with Gasteiger partial charge < -0.3 is 4.42 Å². The number of hydrogen-bond acceptors (Lipinski definition) is 1. The Balaban J connectivity index is 0.837. The van der Waals surface area contributed by atoms with Gasteiger partial charge in [-0.2, -0.15) is 0 Å². The molecular formula is C68H42O. The zero-order valence-electron chi connectivity index (χ0n) is 37.7. The molecule has 14 aromatic rings. The fraction of sp³-hybridized carbons (Fsp3) is 0. The normalized spacial score (nSPS) is 11.8. The van der Waals surface area contributed by atoms with Gasteiger partial charge in [0.2, 0.25) is 0 Å². The van der Waals surface area contributed by atoms with E-state index in [1.807, 2.05) is 6.07 Å². The molecular weight excluding hydrogens is 833 g/mol. The lowest BCUT2D eigenvalue weighted by molar-refractivity contribution is 0.670. The number of para-hydroxylation sites is 2. The fourth-order valence-corrected chi connectivity index (χ4v) is 11.4. The van der Waals surface area contributed by atoms with Crippen molar-refractivity contribution in [2.45, 2.75) is 0 Å². The van der Waals surface area contributed by atoms with E-state index in [1.54, 1.807) is 0 Å². The average molecular weight is 875 g/mol. The van der Waals surface area contributed by atoms with Crippen LogP contribution in [0.3, 0.4) is 0 Å². The molecule has 0 atom stereocenters. The number of hydrogen-bond donors (Lipinski definition) is 0. The molecule has 1 nitrogen and oxygen atoms in total. The highest BCUT2D eigenvalue weighted by Gasteiger charge is 2.21. The second-order valence-corrected chi connectivity index (χ2v) is 18.2. The molecule has 1 heteroatoms. The second-order valence-electron chi connectivity index (χ2n) is 18.2. The Hall–Kier alpha value is -9.04. The molecule has 13 aromatic carbocycles. The van der Waals surface area contributed by atoms with Gasteiger partial charge in [-0.15, -0.1) is 0 Å². The van der Waals surface area contributed by atoms with E-state index in [2.05, 4.69) is 249 Å². The molecule has 69 heavy (non-hydrogen) atoms. The smallest absolute Gasteiger partial charge is 0.143 e. The van der Waals surface area contributed by atoms with Crippen LogP contribution in [-0.2, 0) is 0 Å². The number of benzene rings is 13. The first-order valence-corrected chi connectivity index (χ1v) is 23.8. The van der Waals surface area contributed by atoms with Crippen molar-refractivity contribution in [3.8, 4) is 66.8 Å². The van der Waals surface area contributed by atoms with Crippen LogP contribution in [0.25, 0.3) is 143 Å². The van der Waals surface area contributed by atoms with Gasteiger partial charge >= 0.3 is 0 Å². The SMILES string of the molecule is c1ccc2c(-c3ccc(-c4c5ccccc5c(-c5ccc(-c6ccc(-c7c8ccccc8c(-c8cccc9c8oc8ccccc89)c8ccccc78)cc6)cc5)c5ccccc45)cc3)cccc2c1. The van der Waals surface area contributed by atoms with Gasteiger partial charge in [0.15, 0.2) is 0 Å². The maximum absolute atomic E-state index is 6.62. The summed E-state index contributed by atoms with van der Waals surface area (Å²) in [7, 11) is 0. The molecule has 1 heterocycles. The first kappa shape index (κ1) is 39.2. The topological polar surface area (TPSA) is 13.1 Å². The van der Waals surface area contributed by atoms with Crippen LogP contribution >= 0.6 is 0 Å². The molecule has 0 spiro atoms. The summed E-state index contributed by atoms with van der Waals surface area (Å²) in [4.78, 5) is 0. The van der Waals surface area contributed by atoms with Gasteiger partial charge in [0.25, 0.3) is 0 Å². The summed E-state index contributed by atoms with van der Waals surface area (Å²) in [6.07, 6.45) is 0.